The van der Waals surface area contributed by atoms with Gasteiger partial charge in [-0.25, -0.2) is 4.68 Å². The number of benzene rings is 1. The molecule has 0 amide bonds. The smallest absolute Gasteiger partial charge is 0.150 e. The second kappa shape index (κ2) is 4.82. The summed E-state index contributed by atoms with van der Waals surface area (Å²) < 4.78 is 9.24. The number of hydrogen-bond acceptors (Lipinski definition) is 2. The lowest BCUT2D eigenvalue weighted by molar-refractivity contribution is -0.0366. The summed E-state index contributed by atoms with van der Waals surface area (Å²) in [5.41, 5.74) is 4.41. The lowest BCUT2D eigenvalue weighted by Crippen LogP contribution is -2.19. The average molecular weight is 349 g/mol. The monoisotopic (exact) mass is 348 g/mol. The number of nitrogens with zero attached hydrogens (tertiary/aromatic N) is 2. The van der Waals surface area contributed by atoms with Gasteiger partial charge in [-0.15, -0.1) is 0 Å². The molecule has 2 heterocycles. The van der Waals surface area contributed by atoms with Crippen LogP contribution in [0.3, 0.4) is 0 Å². The van der Waals surface area contributed by atoms with E-state index in [0.717, 1.165) is 19.4 Å². The van der Waals surface area contributed by atoms with Gasteiger partial charge in [0, 0.05) is 16.5 Å². The van der Waals surface area contributed by atoms with Crippen LogP contribution in [0.2, 0.25) is 0 Å². The highest BCUT2D eigenvalue weighted by atomic mass is 79.9. The van der Waals surface area contributed by atoms with Gasteiger partial charge in [-0.3, -0.25) is 0 Å². The van der Waals surface area contributed by atoms with E-state index in [0.29, 0.717) is 0 Å². The fourth-order valence-electron chi connectivity index (χ4n) is 3.84. The molecule has 112 valence electrons. The van der Waals surface area contributed by atoms with Crippen LogP contribution in [0.4, 0.5) is 0 Å². The molecule has 21 heavy (non-hydrogen) atoms. The van der Waals surface area contributed by atoms with E-state index in [4.69, 9.17) is 4.74 Å². The highest BCUT2D eigenvalue weighted by Gasteiger charge is 2.33. The Morgan fingerprint density at radius 2 is 2.24 bits per heavy atom. The number of rotatable bonds is 1. The van der Waals surface area contributed by atoms with Gasteiger partial charge in [0.05, 0.1) is 11.7 Å². The van der Waals surface area contributed by atoms with Gasteiger partial charge in [0.25, 0.3) is 0 Å². The maximum absolute atomic E-state index is 5.92. The summed E-state index contributed by atoms with van der Waals surface area (Å²) in [5.74, 6) is 0. The van der Waals surface area contributed by atoms with Crippen LogP contribution < -0.4 is 0 Å². The Morgan fingerprint density at radius 3 is 3.00 bits per heavy atom. The number of fused-ring (bicyclic) bond motifs is 2. The number of aromatic nitrogens is 2. The van der Waals surface area contributed by atoms with Crippen molar-refractivity contribution >= 4 is 26.8 Å². The predicted molar refractivity (Wildman–Crippen MR) is 87.6 cm³/mol. The van der Waals surface area contributed by atoms with Gasteiger partial charge in [-0.1, -0.05) is 13.8 Å². The Balaban J connectivity index is 1.88. The molecular weight excluding hydrogens is 328 g/mol. The molecule has 0 spiro atoms. The summed E-state index contributed by atoms with van der Waals surface area (Å²) >= 11 is 3.85. The fraction of sp³-hybridized carbons (Fsp3) is 0.588. The van der Waals surface area contributed by atoms with E-state index in [-0.39, 0.29) is 11.6 Å². The molecule has 2 aliphatic rings. The largest absolute Gasteiger partial charge is 0.356 e. The summed E-state index contributed by atoms with van der Waals surface area (Å²) in [6.07, 6.45) is 7.95. The molecule has 2 aromatic rings. The van der Waals surface area contributed by atoms with Crippen LogP contribution in [0.25, 0.3) is 10.9 Å². The van der Waals surface area contributed by atoms with Gasteiger partial charge < -0.3 is 4.74 Å². The van der Waals surface area contributed by atoms with E-state index >= 15 is 0 Å². The molecule has 1 saturated heterocycles. The minimum absolute atomic E-state index is 0.107. The summed E-state index contributed by atoms with van der Waals surface area (Å²) in [6.45, 7) is 5.53. The zero-order valence-electron chi connectivity index (χ0n) is 12.7. The average Bonchev–Trinajstić information content (AvgIpc) is 3.02. The SMILES string of the molecule is CC1(C)CCc2cc3c(cnn3C3CCCCO3)c(Br)c21. The van der Waals surface area contributed by atoms with E-state index in [1.807, 2.05) is 6.20 Å². The molecule has 1 atom stereocenters. The Bertz CT molecular complexity index is 698. The third-order valence-corrected chi connectivity index (χ3v) is 5.87. The molecule has 1 aromatic heterocycles. The lowest BCUT2D eigenvalue weighted by Gasteiger charge is -2.24. The van der Waals surface area contributed by atoms with Gasteiger partial charge in [0.1, 0.15) is 0 Å². The molecule has 1 aromatic carbocycles. The molecule has 4 rings (SSSR count). The lowest BCUT2D eigenvalue weighted by atomic mass is 9.86. The van der Waals surface area contributed by atoms with Crippen LogP contribution in [0.5, 0.6) is 0 Å². The first-order valence-electron chi connectivity index (χ1n) is 7.88. The molecule has 4 heteroatoms. The predicted octanol–water partition coefficient (Wildman–Crippen LogP) is 4.72. The molecule has 0 saturated carbocycles. The molecular formula is C17H21BrN2O. The maximum atomic E-state index is 5.92. The standard InChI is InChI=1S/C17H21BrN2O/c1-17(2)7-6-11-9-13-12(16(18)15(11)17)10-19-20(13)14-5-3-4-8-21-14/h9-10,14H,3-8H2,1-2H3. The second-order valence-corrected chi connectivity index (χ2v) is 7.74. The van der Waals surface area contributed by atoms with Crippen molar-refractivity contribution in [1.82, 2.24) is 9.78 Å². The van der Waals surface area contributed by atoms with Crippen molar-refractivity contribution in [3.05, 3.63) is 27.9 Å². The van der Waals surface area contributed by atoms with Crippen LogP contribution in [0, 0.1) is 0 Å². The Labute approximate surface area is 133 Å². The van der Waals surface area contributed by atoms with Gasteiger partial charge in [-0.2, -0.15) is 5.10 Å². The van der Waals surface area contributed by atoms with Crippen LogP contribution >= 0.6 is 15.9 Å². The van der Waals surface area contributed by atoms with Crippen molar-refractivity contribution in [3.8, 4) is 0 Å². The fourth-order valence-corrected chi connectivity index (χ4v) is 4.94. The molecule has 1 aliphatic heterocycles. The number of halogens is 1. The number of hydrogen-bond donors (Lipinski definition) is 0. The van der Waals surface area contributed by atoms with E-state index < -0.39 is 0 Å². The van der Waals surface area contributed by atoms with Crippen molar-refractivity contribution in [2.24, 2.45) is 0 Å². The third-order valence-electron chi connectivity index (χ3n) is 5.05. The second-order valence-electron chi connectivity index (χ2n) is 6.95. The van der Waals surface area contributed by atoms with Crippen molar-refractivity contribution in [2.45, 2.75) is 57.6 Å². The Morgan fingerprint density at radius 1 is 1.38 bits per heavy atom. The van der Waals surface area contributed by atoms with Gasteiger partial charge >= 0.3 is 0 Å². The minimum Gasteiger partial charge on any atom is -0.356 e. The number of ether oxygens (including phenoxy) is 1. The molecule has 1 aliphatic carbocycles. The Kier molecular flexibility index (Phi) is 3.16. The molecule has 1 fully saturated rings. The molecule has 1 unspecified atom stereocenters. The highest BCUT2D eigenvalue weighted by molar-refractivity contribution is 9.10. The first kappa shape index (κ1) is 13.8. The summed E-state index contributed by atoms with van der Waals surface area (Å²) in [6, 6.07) is 2.34. The van der Waals surface area contributed by atoms with Crippen molar-refractivity contribution in [3.63, 3.8) is 0 Å². The van der Waals surface area contributed by atoms with Crippen molar-refractivity contribution in [2.75, 3.05) is 6.61 Å². The van der Waals surface area contributed by atoms with Crippen molar-refractivity contribution in [1.29, 1.82) is 0 Å². The Hall–Kier alpha value is -0.870. The molecule has 3 nitrogen and oxygen atoms in total. The summed E-state index contributed by atoms with van der Waals surface area (Å²) in [4.78, 5) is 0. The zero-order chi connectivity index (χ0) is 14.6. The van der Waals surface area contributed by atoms with Gasteiger partial charge in [-0.05, 0) is 70.6 Å². The zero-order valence-corrected chi connectivity index (χ0v) is 14.2. The van der Waals surface area contributed by atoms with Crippen LogP contribution in [-0.4, -0.2) is 16.4 Å². The van der Waals surface area contributed by atoms with E-state index in [1.165, 1.54) is 45.8 Å². The van der Waals surface area contributed by atoms with Crippen LogP contribution in [-0.2, 0) is 16.6 Å². The molecule has 0 bridgehead atoms. The van der Waals surface area contributed by atoms with E-state index in [1.54, 1.807) is 0 Å². The summed E-state index contributed by atoms with van der Waals surface area (Å²) in [7, 11) is 0. The first-order valence-corrected chi connectivity index (χ1v) is 8.68. The van der Waals surface area contributed by atoms with E-state index in [2.05, 4.69) is 45.6 Å². The quantitative estimate of drug-likeness (QED) is 0.745. The summed E-state index contributed by atoms with van der Waals surface area (Å²) in [5, 5.41) is 5.85. The van der Waals surface area contributed by atoms with E-state index in [9.17, 15) is 0 Å². The normalized spacial score (nSPS) is 24.4. The third kappa shape index (κ3) is 2.07. The minimum atomic E-state index is 0.107. The topological polar surface area (TPSA) is 27.1 Å². The van der Waals surface area contributed by atoms with Crippen molar-refractivity contribution < 1.29 is 4.74 Å². The van der Waals surface area contributed by atoms with Gasteiger partial charge in [0.2, 0.25) is 0 Å². The molecule has 0 radical (unpaired) electrons. The maximum Gasteiger partial charge on any atom is 0.150 e. The highest BCUT2D eigenvalue weighted by Crippen LogP contribution is 2.46. The van der Waals surface area contributed by atoms with Crippen LogP contribution in [0.15, 0.2) is 16.7 Å². The van der Waals surface area contributed by atoms with Gasteiger partial charge in [0.15, 0.2) is 6.23 Å². The first-order chi connectivity index (χ1) is 10.1. The van der Waals surface area contributed by atoms with Crippen LogP contribution in [0.1, 0.15) is 56.9 Å². The number of aryl methyl sites for hydroxylation is 1. The molecule has 0 N–H and O–H groups in total.